The SMILES string of the molecule is O=C1C=C(/C2=C/C=C\CCCC2)C(=O)O1. The van der Waals surface area contributed by atoms with Crippen LogP contribution in [0.25, 0.3) is 0 Å². The summed E-state index contributed by atoms with van der Waals surface area (Å²) in [5.41, 5.74) is 1.33. The topological polar surface area (TPSA) is 43.4 Å². The molecule has 0 aromatic carbocycles. The number of hydrogen-bond donors (Lipinski definition) is 0. The van der Waals surface area contributed by atoms with E-state index in [1.54, 1.807) is 0 Å². The molecule has 0 aromatic heterocycles. The number of hydrogen-bond acceptors (Lipinski definition) is 3. The number of rotatable bonds is 1. The Hall–Kier alpha value is -1.64. The first-order valence-electron chi connectivity index (χ1n) is 5.11. The van der Waals surface area contributed by atoms with Crippen LogP contribution in [-0.2, 0) is 14.3 Å². The van der Waals surface area contributed by atoms with Crippen molar-refractivity contribution in [2.75, 3.05) is 0 Å². The summed E-state index contributed by atoms with van der Waals surface area (Å²) in [6.07, 6.45) is 11.2. The maximum absolute atomic E-state index is 11.3. The average molecular weight is 204 g/mol. The van der Waals surface area contributed by atoms with Crippen molar-refractivity contribution in [3.05, 3.63) is 35.5 Å². The largest absolute Gasteiger partial charge is 0.386 e. The minimum absolute atomic E-state index is 0.423. The summed E-state index contributed by atoms with van der Waals surface area (Å²) in [6.45, 7) is 0. The molecular formula is C12H12O3. The van der Waals surface area contributed by atoms with Gasteiger partial charge in [0.25, 0.3) is 0 Å². The molecule has 0 atom stereocenters. The Labute approximate surface area is 88.1 Å². The summed E-state index contributed by atoms with van der Waals surface area (Å²) < 4.78 is 4.46. The fourth-order valence-electron chi connectivity index (χ4n) is 1.74. The van der Waals surface area contributed by atoms with E-state index < -0.39 is 11.9 Å². The molecule has 1 aliphatic heterocycles. The lowest BCUT2D eigenvalue weighted by Gasteiger charge is -2.07. The molecule has 1 heterocycles. The molecule has 3 heteroatoms. The van der Waals surface area contributed by atoms with Gasteiger partial charge in [0.15, 0.2) is 0 Å². The maximum atomic E-state index is 11.3. The molecule has 0 unspecified atom stereocenters. The fraction of sp³-hybridized carbons (Fsp3) is 0.333. The number of carbonyl (C=O) groups is 2. The van der Waals surface area contributed by atoms with Crippen molar-refractivity contribution in [2.24, 2.45) is 0 Å². The van der Waals surface area contributed by atoms with Gasteiger partial charge < -0.3 is 4.74 Å². The molecule has 0 saturated carbocycles. The van der Waals surface area contributed by atoms with Gasteiger partial charge in [-0.3, -0.25) is 0 Å². The highest BCUT2D eigenvalue weighted by Crippen LogP contribution is 2.24. The zero-order valence-corrected chi connectivity index (χ0v) is 8.36. The Balaban J connectivity index is 2.25. The molecule has 1 aliphatic carbocycles. The lowest BCUT2D eigenvalue weighted by molar-refractivity contribution is -0.150. The van der Waals surface area contributed by atoms with Crippen molar-refractivity contribution >= 4 is 11.9 Å². The van der Waals surface area contributed by atoms with Gasteiger partial charge in [-0.05, 0) is 31.3 Å². The van der Waals surface area contributed by atoms with Crippen LogP contribution in [0, 0.1) is 0 Å². The number of carbonyl (C=O) groups excluding carboxylic acids is 2. The van der Waals surface area contributed by atoms with Gasteiger partial charge in [-0.2, -0.15) is 0 Å². The molecule has 0 radical (unpaired) electrons. The number of cyclic esters (lactones) is 2. The smallest absolute Gasteiger partial charge is 0.346 e. The second-order valence-corrected chi connectivity index (χ2v) is 3.63. The van der Waals surface area contributed by atoms with Crippen LogP contribution in [0.1, 0.15) is 25.7 Å². The van der Waals surface area contributed by atoms with Gasteiger partial charge in [-0.1, -0.05) is 18.2 Å². The first-order valence-corrected chi connectivity index (χ1v) is 5.11. The Morgan fingerprint density at radius 3 is 2.80 bits per heavy atom. The Morgan fingerprint density at radius 2 is 2.07 bits per heavy atom. The van der Waals surface area contributed by atoms with E-state index in [-0.39, 0.29) is 0 Å². The minimum atomic E-state index is -0.554. The number of esters is 2. The van der Waals surface area contributed by atoms with Gasteiger partial charge in [0.05, 0.1) is 5.57 Å². The van der Waals surface area contributed by atoms with E-state index in [4.69, 9.17) is 0 Å². The molecule has 0 spiro atoms. The molecule has 3 nitrogen and oxygen atoms in total. The highest BCUT2D eigenvalue weighted by molar-refractivity contribution is 6.11. The molecule has 0 N–H and O–H groups in total. The van der Waals surface area contributed by atoms with Crippen LogP contribution >= 0.6 is 0 Å². The van der Waals surface area contributed by atoms with E-state index in [0.29, 0.717) is 5.57 Å². The summed E-state index contributed by atoms with van der Waals surface area (Å²) >= 11 is 0. The normalized spacial score (nSPS) is 27.2. The summed E-state index contributed by atoms with van der Waals surface area (Å²) in [4.78, 5) is 22.2. The monoisotopic (exact) mass is 204 g/mol. The highest BCUT2D eigenvalue weighted by Gasteiger charge is 2.25. The van der Waals surface area contributed by atoms with Gasteiger partial charge in [0, 0.05) is 6.08 Å². The van der Waals surface area contributed by atoms with Crippen LogP contribution < -0.4 is 0 Å². The summed E-state index contributed by atoms with van der Waals surface area (Å²) in [6, 6.07) is 0. The molecule has 78 valence electrons. The van der Waals surface area contributed by atoms with Gasteiger partial charge in [0.1, 0.15) is 0 Å². The second-order valence-electron chi connectivity index (χ2n) is 3.63. The van der Waals surface area contributed by atoms with Crippen molar-refractivity contribution in [3.63, 3.8) is 0 Å². The third-order valence-corrected chi connectivity index (χ3v) is 2.52. The lowest BCUT2D eigenvalue weighted by Crippen LogP contribution is -2.04. The quantitative estimate of drug-likeness (QED) is 0.485. The fourth-order valence-corrected chi connectivity index (χ4v) is 1.74. The first kappa shape index (κ1) is 9.90. The molecule has 0 aromatic rings. The zero-order valence-electron chi connectivity index (χ0n) is 8.36. The molecule has 2 rings (SSSR count). The average Bonchev–Trinajstić information content (AvgIpc) is 2.45. The Morgan fingerprint density at radius 1 is 1.20 bits per heavy atom. The van der Waals surface area contributed by atoms with Gasteiger partial charge in [-0.25, -0.2) is 9.59 Å². The van der Waals surface area contributed by atoms with Crippen molar-refractivity contribution in [1.82, 2.24) is 0 Å². The van der Waals surface area contributed by atoms with E-state index in [1.807, 2.05) is 12.2 Å². The van der Waals surface area contributed by atoms with E-state index in [2.05, 4.69) is 10.8 Å². The molecule has 15 heavy (non-hydrogen) atoms. The Kier molecular flexibility index (Phi) is 2.81. The van der Waals surface area contributed by atoms with Crippen LogP contribution in [0.15, 0.2) is 35.5 Å². The van der Waals surface area contributed by atoms with Crippen LogP contribution in [-0.4, -0.2) is 11.9 Å². The van der Waals surface area contributed by atoms with Gasteiger partial charge in [-0.15, -0.1) is 0 Å². The van der Waals surface area contributed by atoms with Gasteiger partial charge in [0.2, 0.25) is 0 Å². The van der Waals surface area contributed by atoms with Crippen LogP contribution in [0.5, 0.6) is 0 Å². The molecule has 0 bridgehead atoms. The third kappa shape index (κ3) is 2.24. The predicted molar refractivity (Wildman–Crippen MR) is 54.9 cm³/mol. The van der Waals surface area contributed by atoms with Crippen molar-refractivity contribution in [1.29, 1.82) is 0 Å². The van der Waals surface area contributed by atoms with E-state index in [9.17, 15) is 9.59 Å². The summed E-state index contributed by atoms with van der Waals surface area (Å²) in [5, 5.41) is 0. The second kappa shape index (κ2) is 4.26. The van der Waals surface area contributed by atoms with Crippen LogP contribution in [0.3, 0.4) is 0 Å². The van der Waals surface area contributed by atoms with Gasteiger partial charge >= 0.3 is 11.9 Å². The van der Waals surface area contributed by atoms with Crippen LogP contribution in [0.4, 0.5) is 0 Å². The molecule has 0 fully saturated rings. The maximum Gasteiger partial charge on any atom is 0.346 e. The van der Waals surface area contributed by atoms with E-state index in [1.165, 1.54) is 6.08 Å². The Bertz CT molecular complexity index is 386. The van der Waals surface area contributed by atoms with Crippen molar-refractivity contribution in [2.45, 2.75) is 25.7 Å². The standard InChI is InChI=1S/C12H12O3/c13-11-8-10(12(14)15-11)9-6-4-2-1-3-5-7-9/h2,4,6,8H,1,3,5,7H2/b4-2-,9-6+. The molecular weight excluding hydrogens is 192 g/mol. The van der Waals surface area contributed by atoms with E-state index in [0.717, 1.165) is 31.3 Å². The summed E-state index contributed by atoms with van der Waals surface area (Å²) in [7, 11) is 0. The zero-order chi connectivity index (χ0) is 10.7. The number of ether oxygens (including phenoxy) is 1. The summed E-state index contributed by atoms with van der Waals surface area (Å²) in [5.74, 6) is -1.07. The first-order chi connectivity index (χ1) is 7.27. The molecule has 0 saturated heterocycles. The number of allylic oxidation sites excluding steroid dienone is 3. The lowest BCUT2D eigenvalue weighted by atomic mass is 9.97. The predicted octanol–water partition coefficient (Wildman–Crippen LogP) is 2.05. The van der Waals surface area contributed by atoms with Crippen molar-refractivity contribution < 1.29 is 14.3 Å². The van der Waals surface area contributed by atoms with Crippen LogP contribution in [0.2, 0.25) is 0 Å². The molecule has 2 aliphatic rings. The minimum Gasteiger partial charge on any atom is -0.386 e. The highest BCUT2D eigenvalue weighted by atomic mass is 16.6. The van der Waals surface area contributed by atoms with E-state index >= 15 is 0 Å². The third-order valence-electron chi connectivity index (χ3n) is 2.52. The molecule has 0 amide bonds. The van der Waals surface area contributed by atoms with Crippen molar-refractivity contribution in [3.8, 4) is 0 Å².